The van der Waals surface area contributed by atoms with Gasteiger partial charge in [0.15, 0.2) is 0 Å². The Morgan fingerprint density at radius 2 is 0.615 bits per heavy atom. The number of hydrogen-bond acceptors (Lipinski definition) is 0. The summed E-state index contributed by atoms with van der Waals surface area (Å²) in [5.74, 6) is 2.10. The summed E-state index contributed by atoms with van der Waals surface area (Å²) in [6.45, 7) is 68.1. The van der Waals surface area contributed by atoms with Crippen LogP contribution in [0.15, 0.2) is 158 Å². The summed E-state index contributed by atoms with van der Waals surface area (Å²) >= 11 is 0. The molecule has 0 bridgehead atoms. The third kappa shape index (κ3) is 30.6. The lowest BCUT2D eigenvalue weighted by atomic mass is 9.83. The van der Waals surface area contributed by atoms with Crippen LogP contribution in [-0.2, 0) is 24.7 Å². The van der Waals surface area contributed by atoms with E-state index >= 15 is 0 Å². The van der Waals surface area contributed by atoms with Crippen LogP contribution >= 0.6 is 0 Å². The van der Waals surface area contributed by atoms with E-state index in [9.17, 15) is 0 Å². The van der Waals surface area contributed by atoms with Gasteiger partial charge in [0, 0.05) is 0 Å². The fourth-order valence-electron chi connectivity index (χ4n) is 12.0. The molecular formula is C96H136. The molecule has 96 heavy (non-hydrogen) atoms. The van der Waals surface area contributed by atoms with Crippen LogP contribution in [0.25, 0.3) is 11.1 Å². The lowest BCUT2D eigenvalue weighted by molar-refractivity contribution is 0.585. The van der Waals surface area contributed by atoms with E-state index in [2.05, 4.69) is 372 Å². The number of benzene rings is 9. The number of rotatable bonds is 11. The van der Waals surface area contributed by atoms with E-state index in [1.807, 2.05) is 0 Å². The summed E-state index contributed by atoms with van der Waals surface area (Å²) in [5, 5.41) is 0. The molecule has 0 radical (unpaired) electrons. The van der Waals surface area contributed by atoms with Crippen LogP contribution in [0.5, 0.6) is 0 Å². The zero-order valence-electron chi connectivity index (χ0n) is 67.2. The summed E-state index contributed by atoms with van der Waals surface area (Å²) in [7, 11) is 0. The molecule has 0 spiro atoms. The molecule has 0 saturated heterocycles. The zero-order valence-corrected chi connectivity index (χ0v) is 67.2. The Labute approximate surface area is 592 Å². The van der Waals surface area contributed by atoms with E-state index in [1.54, 1.807) is 0 Å². The fraction of sp³-hybridized carbons (Fsp3) is 0.438. The third-order valence-corrected chi connectivity index (χ3v) is 18.7. The SMILES string of the molecule is CCC(C)c1cc(C)ccc1C.CCCCc1cc(C)ccc1C.CCCc1cc(C)ccc1C.Cc1ccc(-c2ccc(C)cc2C)c(C)c1.Cc1ccc(C)c(C(C)(C)C)c1.Cc1ccc(C)c(C(C)C)c1.Cc1ccc(C)c(C)c1C.Cc1ccc(C)c(CC(C)C)c1. The second-order valence-corrected chi connectivity index (χ2v) is 30.1. The van der Waals surface area contributed by atoms with E-state index in [0.29, 0.717) is 11.8 Å². The van der Waals surface area contributed by atoms with Gasteiger partial charge in [-0.15, -0.1) is 0 Å². The topological polar surface area (TPSA) is 0 Å². The van der Waals surface area contributed by atoms with Crippen molar-refractivity contribution in [3.8, 4) is 11.1 Å². The van der Waals surface area contributed by atoms with Gasteiger partial charge in [0.1, 0.15) is 0 Å². The van der Waals surface area contributed by atoms with Crippen molar-refractivity contribution in [3.05, 3.63) is 302 Å². The molecule has 0 nitrogen and oxygen atoms in total. The molecule has 0 fully saturated rings. The van der Waals surface area contributed by atoms with Crippen LogP contribution < -0.4 is 0 Å². The maximum Gasteiger partial charge on any atom is -0.0129 e. The molecule has 0 aromatic heterocycles. The minimum Gasteiger partial charge on any atom is -0.0654 e. The highest BCUT2D eigenvalue weighted by Gasteiger charge is 2.16. The van der Waals surface area contributed by atoms with Crippen LogP contribution in [0.2, 0.25) is 0 Å². The van der Waals surface area contributed by atoms with E-state index in [-0.39, 0.29) is 5.41 Å². The molecular weight excluding hydrogens is 1150 g/mol. The molecule has 0 N–H and O–H groups in total. The van der Waals surface area contributed by atoms with Crippen LogP contribution in [0.3, 0.4) is 0 Å². The average molecular weight is 1290 g/mol. The molecule has 9 rings (SSSR count). The van der Waals surface area contributed by atoms with Crippen molar-refractivity contribution in [2.24, 2.45) is 5.92 Å². The molecule has 0 heterocycles. The van der Waals surface area contributed by atoms with Gasteiger partial charge in [0.05, 0.1) is 0 Å². The maximum absolute atomic E-state index is 2.31. The molecule has 1 atom stereocenters. The molecule has 9 aromatic carbocycles. The fourth-order valence-corrected chi connectivity index (χ4v) is 12.0. The second-order valence-electron chi connectivity index (χ2n) is 30.1. The highest BCUT2D eigenvalue weighted by molar-refractivity contribution is 5.71. The molecule has 0 amide bonds. The van der Waals surface area contributed by atoms with E-state index < -0.39 is 0 Å². The molecule has 0 heteroatoms. The summed E-state index contributed by atoms with van der Waals surface area (Å²) in [6.07, 6.45) is 8.72. The van der Waals surface area contributed by atoms with E-state index in [4.69, 9.17) is 0 Å². The highest BCUT2D eigenvalue weighted by atomic mass is 14.2. The number of aryl methyl sites for hydroxylation is 20. The lowest BCUT2D eigenvalue weighted by Gasteiger charge is -2.22. The summed E-state index contributed by atoms with van der Waals surface area (Å²) in [6, 6.07) is 57.8. The van der Waals surface area contributed by atoms with Crippen molar-refractivity contribution in [3.63, 3.8) is 0 Å². The van der Waals surface area contributed by atoms with Crippen molar-refractivity contribution < 1.29 is 0 Å². The van der Waals surface area contributed by atoms with Crippen molar-refractivity contribution >= 4 is 0 Å². The first-order valence-corrected chi connectivity index (χ1v) is 36.5. The van der Waals surface area contributed by atoms with Gasteiger partial charge in [-0.2, -0.15) is 0 Å². The van der Waals surface area contributed by atoms with Crippen molar-refractivity contribution in [1.82, 2.24) is 0 Å². The molecule has 520 valence electrons. The van der Waals surface area contributed by atoms with Gasteiger partial charge >= 0.3 is 0 Å². The minimum atomic E-state index is 0.274. The smallest absolute Gasteiger partial charge is 0.0129 e. The Balaban J connectivity index is 0.000000375. The Bertz CT molecular complexity index is 3690. The van der Waals surface area contributed by atoms with Crippen molar-refractivity contribution in [2.75, 3.05) is 0 Å². The van der Waals surface area contributed by atoms with E-state index in [1.165, 1.54) is 201 Å². The Morgan fingerprint density at radius 1 is 0.292 bits per heavy atom. The number of hydrogen-bond donors (Lipinski definition) is 0. The first-order valence-electron chi connectivity index (χ1n) is 36.5. The second kappa shape index (κ2) is 42.6. The van der Waals surface area contributed by atoms with Crippen LogP contribution in [0, 0.1) is 144 Å². The summed E-state index contributed by atoms with van der Waals surface area (Å²) in [5.41, 5.74) is 39.7. The minimum absolute atomic E-state index is 0.274. The predicted octanol–water partition coefficient (Wildman–Crippen LogP) is 28.8. The van der Waals surface area contributed by atoms with Gasteiger partial charge in [-0.1, -0.05) is 291 Å². The molecule has 0 aliphatic carbocycles. The van der Waals surface area contributed by atoms with Crippen LogP contribution in [0.4, 0.5) is 0 Å². The quantitative estimate of drug-likeness (QED) is 0.121. The lowest BCUT2D eigenvalue weighted by Crippen LogP contribution is -2.13. The normalized spacial score (nSPS) is 10.9. The van der Waals surface area contributed by atoms with Gasteiger partial charge in [-0.3, -0.25) is 0 Å². The summed E-state index contributed by atoms with van der Waals surface area (Å²) < 4.78 is 0. The van der Waals surface area contributed by atoms with Gasteiger partial charge in [-0.05, 0) is 305 Å². The molecule has 9 aromatic rings. The van der Waals surface area contributed by atoms with Gasteiger partial charge in [-0.25, -0.2) is 0 Å². The highest BCUT2D eigenvalue weighted by Crippen LogP contribution is 2.30. The first kappa shape index (κ1) is 85.1. The molecule has 0 aliphatic rings. The molecule has 0 saturated carbocycles. The van der Waals surface area contributed by atoms with Gasteiger partial charge in [0.2, 0.25) is 0 Å². The van der Waals surface area contributed by atoms with Crippen molar-refractivity contribution in [1.29, 1.82) is 0 Å². The number of unbranched alkanes of at least 4 members (excludes halogenated alkanes) is 1. The van der Waals surface area contributed by atoms with Crippen molar-refractivity contribution in [2.45, 2.75) is 277 Å². The third-order valence-electron chi connectivity index (χ3n) is 18.7. The molecule has 0 aliphatic heterocycles. The maximum atomic E-state index is 2.31. The Hall–Kier alpha value is -7.02. The average Bonchev–Trinajstić information content (AvgIpc) is 0.886. The predicted molar refractivity (Wildman–Crippen MR) is 434 cm³/mol. The Kier molecular flexibility index (Phi) is 37.8. The standard InChI is InChI=1S/C16H18.4C12H18.2C11H16.C10H14/c1-11-5-7-15(13(3)9-11)16-8-6-12(2)10-14(16)4;1-9-6-7-10(2)11(8-9)12(3,4)5;1-9(2)7-12-8-10(3)5-6-11(12)4;1-5-10(3)12-8-9(2)6-7-11(12)4;1-4-5-6-12-9-10(2)7-8-11(12)3;1-8(2)11-7-9(3)5-6-10(11)4;1-4-5-11-8-9(2)6-7-10(11)3;1-7-5-6-8(2)10(4)9(7)3/h5-10H,1-4H3;6-8H,1-5H3;5-6,8-9H,7H2,1-4H3;6-8,10H,5H2,1-4H3;7-9H,4-6H2,1-3H3;5-8H,1-4H3;6-8H,4-5H2,1-3H3;5-6H,1-4H3. The van der Waals surface area contributed by atoms with Gasteiger partial charge < -0.3 is 0 Å². The zero-order chi connectivity index (χ0) is 72.7. The van der Waals surface area contributed by atoms with E-state index in [0.717, 1.165) is 5.92 Å². The van der Waals surface area contributed by atoms with Crippen LogP contribution in [0.1, 0.15) is 258 Å². The molecule has 1 unspecified atom stereocenters. The van der Waals surface area contributed by atoms with Gasteiger partial charge in [0.25, 0.3) is 0 Å². The monoisotopic (exact) mass is 1290 g/mol. The summed E-state index contributed by atoms with van der Waals surface area (Å²) in [4.78, 5) is 0. The Morgan fingerprint density at radius 3 is 0.969 bits per heavy atom. The largest absolute Gasteiger partial charge is 0.0654 e. The first-order chi connectivity index (χ1) is 44.9. The van der Waals surface area contributed by atoms with Crippen LogP contribution in [-0.4, -0.2) is 0 Å².